The summed E-state index contributed by atoms with van der Waals surface area (Å²) in [6, 6.07) is 3.58. The van der Waals surface area contributed by atoms with Crippen LogP contribution in [0.3, 0.4) is 0 Å². The zero-order valence-electron chi connectivity index (χ0n) is 15.4. The number of ether oxygens (including phenoxy) is 1. The lowest BCUT2D eigenvalue weighted by molar-refractivity contribution is -0.137. The zero-order valence-corrected chi connectivity index (χ0v) is 15.4. The first-order chi connectivity index (χ1) is 12.8. The Hall–Kier alpha value is -2.10. The smallest absolute Gasteiger partial charge is 0.416 e. The molecule has 0 atom stereocenters. The van der Waals surface area contributed by atoms with Gasteiger partial charge in [-0.1, -0.05) is 0 Å². The molecule has 0 spiro atoms. The minimum Gasteiger partial charge on any atom is -0.493 e. The molecule has 0 saturated heterocycles. The number of hydrogen-bond donors (Lipinski definition) is 3. The Bertz CT molecular complexity index is 719. The summed E-state index contributed by atoms with van der Waals surface area (Å²) in [7, 11) is 3.79. The lowest BCUT2D eigenvalue weighted by atomic mass is 10.0. The third kappa shape index (κ3) is 6.23. The average Bonchev–Trinajstić information content (AvgIpc) is 3.07. The van der Waals surface area contributed by atoms with E-state index in [4.69, 9.17) is 9.84 Å². The second-order valence-corrected chi connectivity index (χ2v) is 6.27. The number of aliphatic hydroxyl groups excluding tert-OH is 1. The fourth-order valence-electron chi connectivity index (χ4n) is 2.60. The van der Waals surface area contributed by atoms with Crippen molar-refractivity contribution in [1.82, 2.24) is 20.4 Å². The van der Waals surface area contributed by atoms with Crippen LogP contribution in [0, 0.1) is 0 Å². The fraction of sp³-hybridized carbons (Fsp3) is 0.500. The molecule has 0 fully saturated rings. The van der Waals surface area contributed by atoms with Crippen LogP contribution in [0.25, 0.3) is 11.3 Å². The van der Waals surface area contributed by atoms with Crippen molar-refractivity contribution in [2.45, 2.75) is 19.1 Å². The van der Waals surface area contributed by atoms with Gasteiger partial charge in [0.1, 0.15) is 5.75 Å². The van der Waals surface area contributed by atoms with Crippen molar-refractivity contribution in [2.24, 2.45) is 0 Å². The number of rotatable bonds is 10. The molecule has 2 aromatic rings. The first kappa shape index (κ1) is 21.2. The molecule has 1 aromatic carbocycles. The van der Waals surface area contributed by atoms with Crippen molar-refractivity contribution in [3.63, 3.8) is 0 Å². The van der Waals surface area contributed by atoms with E-state index in [1.54, 1.807) is 12.3 Å². The Morgan fingerprint density at radius 3 is 2.74 bits per heavy atom. The van der Waals surface area contributed by atoms with Crippen molar-refractivity contribution in [3.05, 3.63) is 35.5 Å². The van der Waals surface area contributed by atoms with Gasteiger partial charge in [0.05, 0.1) is 17.9 Å². The van der Waals surface area contributed by atoms with Gasteiger partial charge >= 0.3 is 6.18 Å². The average molecular weight is 386 g/mol. The highest BCUT2D eigenvalue weighted by atomic mass is 19.4. The maximum Gasteiger partial charge on any atom is 0.416 e. The Balaban J connectivity index is 2.31. The first-order valence-electron chi connectivity index (χ1n) is 8.67. The van der Waals surface area contributed by atoms with E-state index < -0.39 is 11.7 Å². The van der Waals surface area contributed by atoms with Crippen molar-refractivity contribution in [2.75, 3.05) is 40.4 Å². The maximum atomic E-state index is 13.3. The number of aromatic amines is 1. The Morgan fingerprint density at radius 1 is 1.30 bits per heavy atom. The molecule has 150 valence electrons. The first-order valence-corrected chi connectivity index (χ1v) is 8.67. The second-order valence-electron chi connectivity index (χ2n) is 6.27. The summed E-state index contributed by atoms with van der Waals surface area (Å²) < 4.78 is 45.2. The molecule has 0 unspecified atom stereocenters. The van der Waals surface area contributed by atoms with Gasteiger partial charge in [0.2, 0.25) is 0 Å². The maximum absolute atomic E-state index is 13.3. The molecule has 27 heavy (non-hydrogen) atoms. The van der Waals surface area contributed by atoms with Gasteiger partial charge in [-0.15, -0.1) is 0 Å². The number of likely N-dealkylation sites (N-methyl/N-ethyl adjacent to an activating group) is 2. The van der Waals surface area contributed by atoms with Gasteiger partial charge in [-0.3, -0.25) is 5.10 Å². The van der Waals surface area contributed by atoms with Gasteiger partial charge in [0.25, 0.3) is 0 Å². The van der Waals surface area contributed by atoms with E-state index in [0.29, 0.717) is 24.2 Å². The summed E-state index contributed by atoms with van der Waals surface area (Å²) in [5.41, 5.74) is 0.803. The summed E-state index contributed by atoms with van der Waals surface area (Å²) >= 11 is 0. The highest BCUT2D eigenvalue weighted by Gasteiger charge is 2.32. The number of aliphatic hydroxyl groups is 1. The predicted molar refractivity (Wildman–Crippen MR) is 96.5 cm³/mol. The lowest BCUT2D eigenvalue weighted by Gasteiger charge is -2.17. The van der Waals surface area contributed by atoms with E-state index in [9.17, 15) is 13.2 Å². The standard InChI is InChI=1S/C18H25F3N4O2/c1-22-4-5-25(2)12-14-11-23-24-17(14)13-8-15(18(19,20)21)10-16(9-13)27-7-3-6-26/h8-11,22,26H,3-7,12H2,1-2H3,(H,23,24). The minimum atomic E-state index is -4.49. The Morgan fingerprint density at radius 2 is 2.07 bits per heavy atom. The summed E-state index contributed by atoms with van der Waals surface area (Å²) in [6.45, 7) is 2.19. The Labute approximate surface area is 156 Å². The van der Waals surface area contributed by atoms with E-state index in [2.05, 4.69) is 20.4 Å². The van der Waals surface area contributed by atoms with E-state index in [1.807, 2.05) is 14.1 Å². The highest BCUT2D eigenvalue weighted by Crippen LogP contribution is 2.36. The number of benzene rings is 1. The third-order valence-corrected chi connectivity index (χ3v) is 3.98. The van der Waals surface area contributed by atoms with Crippen molar-refractivity contribution in [3.8, 4) is 17.0 Å². The van der Waals surface area contributed by atoms with Crippen molar-refractivity contribution >= 4 is 0 Å². The van der Waals surface area contributed by atoms with E-state index in [0.717, 1.165) is 30.8 Å². The largest absolute Gasteiger partial charge is 0.493 e. The monoisotopic (exact) mass is 386 g/mol. The summed E-state index contributed by atoms with van der Waals surface area (Å²) in [4.78, 5) is 2.05. The van der Waals surface area contributed by atoms with E-state index >= 15 is 0 Å². The number of nitrogens with one attached hydrogen (secondary N) is 2. The fourth-order valence-corrected chi connectivity index (χ4v) is 2.60. The Kier molecular flexibility index (Phi) is 7.64. The van der Waals surface area contributed by atoms with Crippen LogP contribution in [-0.2, 0) is 12.7 Å². The molecule has 0 saturated carbocycles. The molecular formula is C18H25F3N4O2. The zero-order chi connectivity index (χ0) is 19.9. The van der Waals surface area contributed by atoms with Gasteiger partial charge in [0, 0.05) is 50.0 Å². The van der Waals surface area contributed by atoms with Gasteiger partial charge in [0.15, 0.2) is 0 Å². The van der Waals surface area contributed by atoms with Crippen LogP contribution in [0.15, 0.2) is 24.4 Å². The molecule has 3 N–H and O–H groups in total. The molecule has 0 aliphatic rings. The SMILES string of the molecule is CNCCN(C)Cc1c[nH]nc1-c1cc(OCCCO)cc(C(F)(F)F)c1. The molecule has 0 aliphatic heterocycles. The molecule has 9 heteroatoms. The van der Waals surface area contributed by atoms with Gasteiger partial charge in [-0.25, -0.2) is 0 Å². The molecule has 0 aliphatic carbocycles. The summed E-state index contributed by atoms with van der Waals surface area (Å²) in [5.74, 6) is 0.103. The molecule has 0 radical (unpaired) electrons. The molecule has 6 nitrogen and oxygen atoms in total. The van der Waals surface area contributed by atoms with Crippen LogP contribution >= 0.6 is 0 Å². The summed E-state index contributed by atoms with van der Waals surface area (Å²) in [6.07, 6.45) is -2.46. The van der Waals surface area contributed by atoms with Crippen molar-refractivity contribution in [1.29, 1.82) is 0 Å². The number of aromatic nitrogens is 2. The van der Waals surface area contributed by atoms with Gasteiger partial charge in [-0.05, 0) is 32.3 Å². The molecule has 1 heterocycles. The van der Waals surface area contributed by atoms with Crippen LogP contribution in [-0.4, -0.2) is 60.6 Å². The minimum absolute atomic E-state index is 0.0890. The van der Waals surface area contributed by atoms with Crippen molar-refractivity contribution < 1.29 is 23.0 Å². The topological polar surface area (TPSA) is 73.4 Å². The third-order valence-electron chi connectivity index (χ3n) is 3.98. The van der Waals surface area contributed by atoms with E-state index in [1.165, 1.54) is 0 Å². The number of hydrogen-bond acceptors (Lipinski definition) is 5. The number of nitrogens with zero attached hydrogens (tertiary/aromatic N) is 2. The van der Waals surface area contributed by atoms with Crippen LogP contribution in [0.1, 0.15) is 17.5 Å². The summed E-state index contributed by atoms with van der Waals surface area (Å²) in [5, 5.41) is 18.8. The molecule has 0 amide bonds. The van der Waals surface area contributed by atoms with Crippen LogP contribution in [0.4, 0.5) is 13.2 Å². The number of halogens is 3. The quantitative estimate of drug-likeness (QED) is 0.547. The highest BCUT2D eigenvalue weighted by molar-refractivity contribution is 5.65. The van der Waals surface area contributed by atoms with Crippen LogP contribution in [0.5, 0.6) is 5.75 Å². The van der Waals surface area contributed by atoms with Gasteiger partial charge < -0.3 is 20.1 Å². The molecule has 2 rings (SSSR count). The normalized spacial score (nSPS) is 12.0. The van der Waals surface area contributed by atoms with Crippen LogP contribution in [0.2, 0.25) is 0 Å². The molecule has 1 aromatic heterocycles. The molecular weight excluding hydrogens is 361 g/mol. The lowest BCUT2D eigenvalue weighted by Crippen LogP contribution is -2.27. The predicted octanol–water partition coefficient (Wildman–Crippen LogP) is 2.51. The molecule has 0 bridgehead atoms. The number of H-pyrrole nitrogens is 1. The van der Waals surface area contributed by atoms with Gasteiger partial charge in [-0.2, -0.15) is 18.3 Å². The van der Waals surface area contributed by atoms with Crippen LogP contribution < -0.4 is 10.1 Å². The second kappa shape index (κ2) is 9.72. The number of alkyl halides is 3. The van der Waals surface area contributed by atoms with E-state index in [-0.39, 0.29) is 19.0 Å².